The number of nitrogens with zero attached hydrogens (tertiary/aromatic N) is 2. The fraction of sp³-hybridized carbons (Fsp3) is 0.650. The molecule has 1 aliphatic rings. The Labute approximate surface area is 176 Å². The quantitative estimate of drug-likeness (QED) is 0.263. The van der Waals surface area contributed by atoms with Gasteiger partial charge in [-0.1, -0.05) is 38.1 Å². The van der Waals surface area contributed by atoms with Crippen LogP contribution in [0.5, 0.6) is 0 Å². The Morgan fingerprint density at radius 1 is 1.12 bits per heavy atom. The fourth-order valence-corrected chi connectivity index (χ4v) is 2.90. The molecule has 1 aromatic carbocycles. The summed E-state index contributed by atoms with van der Waals surface area (Å²) in [6, 6.07) is 8.86. The number of rotatable bonds is 8. The average Bonchev–Trinajstić information content (AvgIpc) is 2.63. The van der Waals surface area contributed by atoms with Crippen LogP contribution in [0, 0.1) is 5.92 Å². The molecule has 0 radical (unpaired) electrons. The van der Waals surface area contributed by atoms with Crippen molar-refractivity contribution in [1.29, 1.82) is 0 Å². The molecule has 0 aromatic heterocycles. The van der Waals surface area contributed by atoms with Crippen molar-refractivity contribution >= 4 is 29.9 Å². The van der Waals surface area contributed by atoms with Crippen molar-refractivity contribution in [3.05, 3.63) is 35.4 Å². The van der Waals surface area contributed by atoms with Gasteiger partial charge < -0.3 is 15.4 Å². The molecular weight excluding hydrogens is 439 g/mol. The number of hydrogen-bond acceptors (Lipinski definition) is 3. The van der Waals surface area contributed by atoms with E-state index in [2.05, 4.69) is 58.6 Å². The van der Waals surface area contributed by atoms with Crippen LogP contribution in [0.15, 0.2) is 29.3 Å². The van der Waals surface area contributed by atoms with Crippen molar-refractivity contribution in [2.75, 3.05) is 39.9 Å². The molecule has 0 amide bonds. The van der Waals surface area contributed by atoms with Gasteiger partial charge in [-0.05, 0) is 29.9 Å². The normalized spacial score (nSPS) is 15.6. The monoisotopic (exact) mass is 474 g/mol. The summed E-state index contributed by atoms with van der Waals surface area (Å²) in [6.45, 7) is 11.1. The summed E-state index contributed by atoms with van der Waals surface area (Å²) in [6.07, 6.45) is 2.42. The van der Waals surface area contributed by atoms with Crippen LogP contribution < -0.4 is 10.6 Å². The van der Waals surface area contributed by atoms with E-state index in [1.54, 1.807) is 0 Å². The van der Waals surface area contributed by atoms with Crippen LogP contribution in [0.4, 0.5) is 0 Å². The van der Waals surface area contributed by atoms with Crippen LogP contribution in [-0.2, 0) is 17.8 Å². The SMILES string of the molecule is CN=C(NCCCC(C)C)NCc1ccc(CN2CCOCC2)cc1.I. The molecule has 1 saturated heterocycles. The van der Waals surface area contributed by atoms with Gasteiger partial charge in [-0.25, -0.2) is 0 Å². The molecule has 26 heavy (non-hydrogen) atoms. The fourth-order valence-electron chi connectivity index (χ4n) is 2.90. The predicted molar refractivity (Wildman–Crippen MR) is 120 cm³/mol. The Kier molecular flexibility index (Phi) is 11.9. The van der Waals surface area contributed by atoms with Gasteiger partial charge in [0.2, 0.25) is 0 Å². The highest BCUT2D eigenvalue weighted by molar-refractivity contribution is 14.0. The lowest BCUT2D eigenvalue weighted by Gasteiger charge is -2.26. The molecule has 5 nitrogen and oxygen atoms in total. The van der Waals surface area contributed by atoms with Gasteiger partial charge in [-0.15, -0.1) is 24.0 Å². The number of benzene rings is 1. The molecule has 2 N–H and O–H groups in total. The number of ether oxygens (including phenoxy) is 1. The van der Waals surface area contributed by atoms with Crippen molar-refractivity contribution in [2.45, 2.75) is 39.8 Å². The molecule has 0 atom stereocenters. The Hall–Kier alpha value is -0.860. The van der Waals surface area contributed by atoms with Crippen LogP contribution in [0.3, 0.4) is 0 Å². The minimum absolute atomic E-state index is 0. The highest BCUT2D eigenvalue weighted by Crippen LogP contribution is 2.09. The highest BCUT2D eigenvalue weighted by atomic mass is 127. The second-order valence-corrected chi connectivity index (χ2v) is 7.09. The summed E-state index contributed by atoms with van der Waals surface area (Å²) in [5, 5.41) is 6.77. The van der Waals surface area contributed by atoms with Crippen molar-refractivity contribution in [2.24, 2.45) is 10.9 Å². The molecule has 1 fully saturated rings. The van der Waals surface area contributed by atoms with E-state index in [1.807, 2.05) is 7.05 Å². The van der Waals surface area contributed by atoms with E-state index in [9.17, 15) is 0 Å². The predicted octanol–water partition coefficient (Wildman–Crippen LogP) is 3.24. The maximum atomic E-state index is 5.40. The molecule has 0 saturated carbocycles. The van der Waals surface area contributed by atoms with E-state index >= 15 is 0 Å². The van der Waals surface area contributed by atoms with Crippen LogP contribution in [0.2, 0.25) is 0 Å². The Balaban J connectivity index is 0.00000338. The largest absolute Gasteiger partial charge is 0.379 e. The molecule has 1 heterocycles. The topological polar surface area (TPSA) is 48.9 Å². The summed E-state index contributed by atoms with van der Waals surface area (Å²) in [4.78, 5) is 6.73. The molecule has 0 bridgehead atoms. The van der Waals surface area contributed by atoms with E-state index in [-0.39, 0.29) is 24.0 Å². The molecule has 1 aliphatic heterocycles. The molecule has 1 aromatic rings. The smallest absolute Gasteiger partial charge is 0.191 e. The van der Waals surface area contributed by atoms with Gasteiger partial charge in [-0.2, -0.15) is 0 Å². The molecule has 0 spiro atoms. The molecular formula is C20H35IN4O. The molecule has 6 heteroatoms. The standard InChI is InChI=1S/C20H34N4O.HI/c1-17(2)5-4-10-22-20(21-3)23-15-18-6-8-19(9-7-18)16-24-11-13-25-14-12-24;/h6-9,17H,4-5,10-16H2,1-3H3,(H2,21,22,23);1H. The molecule has 148 valence electrons. The third-order valence-electron chi connectivity index (χ3n) is 4.47. The van der Waals surface area contributed by atoms with Gasteiger partial charge in [-0.3, -0.25) is 9.89 Å². The summed E-state index contributed by atoms with van der Waals surface area (Å²) < 4.78 is 5.40. The third-order valence-corrected chi connectivity index (χ3v) is 4.47. The van der Waals surface area contributed by atoms with Crippen molar-refractivity contribution in [3.63, 3.8) is 0 Å². The number of aliphatic imine (C=N–C) groups is 1. The van der Waals surface area contributed by atoms with Gasteiger partial charge in [0.25, 0.3) is 0 Å². The van der Waals surface area contributed by atoms with Gasteiger partial charge in [0.1, 0.15) is 0 Å². The van der Waals surface area contributed by atoms with Gasteiger partial charge >= 0.3 is 0 Å². The zero-order valence-electron chi connectivity index (χ0n) is 16.5. The Morgan fingerprint density at radius 3 is 2.38 bits per heavy atom. The summed E-state index contributed by atoms with van der Waals surface area (Å²) in [5.74, 6) is 1.63. The molecule has 2 rings (SSSR count). The van der Waals surface area contributed by atoms with Crippen molar-refractivity contribution in [3.8, 4) is 0 Å². The zero-order valence-corrected chi connectivity index (χ0v) is 18.8. The van der Waals surface area contributed by atoms with Gasteiger partial charge in [0, 0.05) is 39.8 Å². The lowest BCUT2D eigenvalue weighted by atomic mass is 10.1. The molecule has 0 unspecified atom stereocenters. The van der Waals surface area contributed by atoms with E-state index < -0.39 is 0 Å². The minimum Gasteiger partial charge on any atom is -0.379 e. The lowest BCUT2D eigenvalue weighted by Crippen LogP contribution is -2.37. The molecule has 0 aliphatic carbocycles. The number of hydrogen-bond donors (Lipinski definition) is 2. The van der Waals surface area contributed by atoms with Crippen LogP contribution in [0.25, 0.3) is 0 Å². The van der Waals surface area contributed by atoms with Crippen molar-refractivity contribution in [1.82, 2.24) is 15.5 Å². The maximum absolute atomic E-state index is 5.40. The summed E-state index contributed by atoms with van der Waals surface area (Å²) in [7, 11) is 1.82. The van der Waals surface area contributed by atoms with Gasteiger partial charge in [0.15, 0.2) is 5.96 Å². The Morgan fingerprint density at radius 2 is 1.77 bits per heavy atom. The third kappa shape index (κ3) is 9.19. The lowest BCUT2D eigenvalue weighted by molar-refractivity contribution is 0.0342. The van der Waals surface area contributed by atoms with E-state index in [0.29, 0.717) is 0 Å². The van der Waals surface area contributed by atoms with Crippen LogP contribution >= 0.6 is 24.0 Å². The van der Waals surface area contributed by atoms with E-state index in [4.69, 9.17) is 4.74 Å². The Bertz CT molecular complexity index is 513. The van der Waals surface area contributed by atoms with Crippen LogP contribution in [0.1, 0.15) is 37.8 Å². The highest BCUT2D eigenvalue weighted by Gasteiger charge is 2.10. The average molecular weight is 474 g/mol. The second kappa shape index (κ2) is 13.3. The number of morpholine rings is 1. The first-order valence-corrected chi connectivity index (χ1v) is 9.50. The number of nitrogens with one attached hydrogen (secondary N) is 2. The second-order valence-electron chi connectivity index (χ2n) is 7.09. The number of halogens is 1. The summed E-state index contributed by atoms with van der Waals surface area (Å²) >= 11 is 0. The van der Waals surface area contributed by atoms with Gasteiger partial charge in [0.05, 0.1) is 13.2 Å². The van der Waals surface area contributed by atoms with E-state index in [1.165, 1.54) is 24.0 Å². The van der Waals surface area contributed by atoms with Crippen molar-refractivity contribution < 1.29 is 4.74 Å². The summed E-state index contributed by atoms with van der Waals surface area (Å²) in [5.41, 5.74) is 2.64. The maximum Gasteiger partial charge on any atom is 0.191 e. The number of guanidine groups is 1. The first-order valence-electron chi connectivity index (χ1n) is 9.50. The zero-order chi connectivity index (χ0) is 17.9. The van der Waals surface area contributed by atoms with E-state index in [0.717, 1.165) is 57.8 Å². The van der Waals surface area contributed by atoms with Crippen LogP contribution in [-0.4, -0.2) is 50.8 Å². The first kappa shape index (κ1) is 23.2. The minimum atomic E-state index is 0. The first-order chi connectivity index (χ1) is 12.2.